The molecule has 1 aromatic rings. The molecule has 0 spiro atoms. The number of rotatable bonds is 5. The van der Waals surface area contributed by atoms with Gasteiger partial charge in [-0.3, -0.25) is 4.79 Å². The Balaban J connectivity index is 1.99. The van der Waals surface area contributed by atoms with Crippen molar-refractivity contribution in [2.75, 3.05) is 32.0 Å². The SMILES string of the molecule is CCC(C)S(=O)(=O)N1CCc2nc(NC)nc(C(=O)N3CCCC3)c2C1. The summed E-state index contributed by atoms with van der Waals surface area (Å²) in [6.45, 7) is 5.59. The van der Waals surface area contributed by atoms with Crippen LogP contribution in [0.2, 0.25) is 0 Å². The van der Waals surface area contributed by atoms with Crippen molar-refractivity contribution in [2.24, 2.45) is 0 Å². The zero-order chi connectivity index (χ0) is 18.9. The molecule has 2 aliphatic heterocycles. The Labute approximate surface area is 155 Å². The van der Waals surface area contributed by atoms with Gasteiger partial charge in [-0.1, -0.05) is 6.92 Å². The van der Waals surface area contributed by atoms with Crippen LogP contribution in [-0.2, 0) is 23.0 Å². The fraction of sp³-hybridized carbons (Fsp3) is 0.706. The van der Waals surface area contributed by atoms with Crippen LogP contribution >= 0.6 is 0 Å². The van der Waals surface area contributed by atoms with Gasteiger partial charge in [-0.15, -0.1) is 0 Å². The van der Waals surface area contributed by atoms with E-state index in [1.807, 2.05) is 6.92 Å². The van der Waals surface area contributed by atoms with Crippen LogP contribution < -0.4 is 5.32 Å². The normalized spacial score (nSPS) is 19.3. The van der Waals surface area contributed by atoms with Crippen molar-refractivity contribution in [3.63, 3.8) is 0 Å². The minimum atomic E-state index is -3.39. The van der Waals surface area contributed by atoms with Crippen molar-refractivity contribution in [1.82, 2.24) is 19.2 Å². The lowest BCUT2D eigenvalue weighted by molar-refractivity contribution is 0.0784. The van der Waals surface area contributed by atoms with E-state index in [1.165, 1.54) is 4.31 Å². The van der Waals surface area contributed by atoms with Gasteiger partial charge in [0.1, 0.15) is 5.69 Å². The second-order valence-electron chi connectivity index (χ2n) is 6.92. The molecule has 1 N–H and O–H groups in total. The van der Waals surface area contributed by atoms with E-state index in [-0.39, 0.29) is 12.5 Å². The van der Waals surface area contributed by atoms with Crippen molar-refractivity contribution in [3.05, 3.63) is 17.0 Å². The smallest absolute Gasteiger partial charge is 0.273 e. The molecule has 1 atom stereocenters. The number of amides is 1. The molecule has 1 saturated heterocycles. The third kappa shape index (κ3) is 3.42. The predicted molar refractivity (Wildman–Crippen MR) is 99.5 cm³/mol. The maximum Gasteiger partial charge on any atom is 0.273 e. The molecule has 0 aliphatic carbocycles. The number of sulfonamides is 1. The van der Waals surface area contributed by atoms with Gasteiger partial charge < -0.3 is 10.2 Å². The summed E-state index contributed by atoms with van der Waals surface area (Å²) in [6.07, 6.45) is 3.03. The maximum atomic E-state index is 13.0. The van der Waals surface area contributed by atoms with Gasteiger partial charge in [0, 0.05) is 45.2 Å². The van der Waals surface area contributed by atoms with E-state index in [1.54, 1.807) is 18.9 Å². The molecule has 2 aliphatic rings. The van der Waals surface area contributed by atoms with Gasteiger partial charge in [0.2, 0.25) is 16.0 Å². The number of hydrogen-bond acceptors (Lipinski definition) is 6. The van der Waals surface area contributed by atoms with Crippen LogP contribution in [0.3, 0.4) is 0 Å². The molecule has 9 heteroatoms. The van der Waals surface area contributed by atoms with Gasteiger partial charge in [-0.25, -0.2) is 18.4 Å². The zero-order valence-corrected chi connectivity index (χ0v) is 16.5. The largest absolute Gasteiger partial charge is 0.357 e. The average molecular weight is 382 g/mol. The number of carbonyl (C=O) groups is 1. The van der Waals surface area contributed by atoms with E-state index in [0.29, 0.717) is 36.6 Å². The molecule has 0 saturated carbocycles. The fourth-order valence-electron chi connectivity index (χ4n) is 3.43. The van der Waals surface area contributed by atoms with Crippen LogP contribution in [-0.4, -0.2) is 65.4 Å². The topological polar surface area (TPSA) is 95.5 Å². The highest BCUT2D eigenvalue weighted by Crippen LogP contribution is 2.27. The maximum absolute atomic E-state index is 13.0. The lowest BCUT2D eigenvalue weighted by Gasteiger charge is -2.31. The van der Waals surface area contributed by atoms with Gasteiger partial charge in [0.25, 0.3) is 5.91 Å². The quantitative estimate of drug-likeness (QED) is 0.824. The lowest BCUT2D eigenvalue weighted by atomic mass is 10.0. The number of carbonyl (C=O) groups excluding carboxylic acids is 1. The summed E-state index contributed by atoms with van der Waals surface area (Å²) in [5.41, 5.74) is 1.76. The molecule has 26 heavy (non-hydrogen) atoms. The molecule has 0 aromatic carbocycles. The first-order valence-corrected chi connectivity index (χ1v) is 10.7. The summed E-state index contributed by atoms with van der Waals surface area (Å²) in [5, 5.41) is 2.46. The number of fused-ring (bicyclic) bond motifs is 1. The summed E-state index contributed by atoms with van der Waals surface area (Å²) in [7, 11) is -1.68. The van der Waals surface area contributed by atoms with E-state index in [9.17, 15) is 13.2 Å². The first-order valence-electron chi connectivity index (χ1n) is 9.24. The number of hydrogen-bond donors (Lipinski definition) is 1. The molecular formula is C17H27N5O3S. The highest BCUT2D eigenvalue weighted by atomic mass is 32.2. The molecule has 3 heterocycles. The van der Waals surface area contributed by atoms with Crippen molar-refractivity contribution < 1.29 is 13.2 Å². The molecule has 1 amide bonds. The number of nitrogens with one attached hydrogen (secondary N) is 1. The molecular weight excluding hydrogens is 354 g/mol. The van der Waals surface area contributed by atoms with E-state index in [2.05, 4.69) is 15.3 Å². The van der Waals surface area contributed by atoms with Gasteiger partial charge in [0.15, 0.2) is 0 Å². The third-order valence-corrected chi connectivity index (χ3v) is 7.67. The van der Waals surface area contributed by atoms with E-state index in [4.69, 9.17) is 0 Å². The summed E-state index contributed by atoms with van der Waals surface area (Å²) >= 11 is 0. The summed E-state index contributed by atoms with van der Waals surface area (Å²) in [6, 6.07) is 0. The van der Waals surface area contributed by atoms with Crippen molar-refractivity contribution in [2.45, 2.75) is 51.3 Å². The second-order valence-corrected chi connectivity index (χ2v) is 9.27. The fourth-order valence-corrected chi connectivity index (χ4v) is 5.02. The Bertz CT molecular complexity index is 790. The highest BCUT2D eigenvalue weighted by molar-refractivity contribution is 7.89. The van der Waals surface area contributed by atoms with Gasteiger partial charge >= 0.3 is 0 Å². The number of nitrogens with zero attached hydrogens (tertiary/aromatic N) is 4. The van der Waals surface area contributed by atoms with Crippen molar-refractivity contribution in [3.8, 4) is 0 Å². The third-order valence-electron chi connectivity index (χ3n) is 5.29. The Morgan fingerprint density at radius 2 is 1.92 bits per heavy atom. The first-order chi connectivity index (χ1) is 12.4. The van der Waals surface area contributed by atoms with Crippen LogP contribution in [0.15, 0.2) is 0 Å². The molecule has 1 unspecified atom stereocenters. The summed E-state index contributed by atoms with van der Waals surface area (Å²) in [5.74, 6) is 0.282. The summed E-state index contributed by atoms with van der Waals surface area (Å²) in [4.78, 5) is 23.6. The second kappa shape index (κ2) is 7.48. The molecule has 0 radical (unpaired) electrons. The van der Waals surface area contributed by atoms with Gasteiger partial charge in [-0.05, 0) is 26.2 Å². The van der Waals surface area contributed by atoms with Gasteiger partial charge in [0.05, 0.1) is 10.9 Å². The van der Waals surface area contributed by atoms with E-state index in [0.717, 1.165) is 31.6 Å². The predicted octanol–water partition coefficient (Wildman–Crippen LogP) is 1.24. The van der Waals surface area contributed by atoms with Crippen molar-refractivity contribution >= 4 is 21.9 Å². The standard InChI is InChI=1S/C17H27N5O3S/c1-4-12(2)26(24,25)22-10-7-14-13(11-22)15(20-17(18-3)19-14)16(23)21-8-5-6-9-21/h12H,4-11H2,1-3H3,(H,18,19,20). The van der Waals surface area contributed by atoms with Crippen LogP contribution in [0.4, 0.5) is 5.95 Å². The molecule has 3 rings (SSSR count). The summed E-state index contributed by atoms with van der Waals surface area (Å²) < 4.78 is 27.0. The Kier molecular flexibility index (Phi) is 5.47. The van der Waals surface area contributed by atoms with Crippen molar-refractivity contribution in [1.29, 1.82) is 0 Å². The Morgan fingerprint density at radius 1 is 1.23 bits per heavy atom. The highest BCUT2D eigenvalue weighted by Gasteiger charge is 2.35. The molecule has 144 valence electrons. The zero-order valence-electron chi connectivity index (χ0n) is 15.7. The average Bonchev–Trinajstić information content (AvgIpc) is 3.19. The monoisotopic (exact) mass is 381 g/mol. The van der Waals surface area contributed by atoms with Crippen LogP contribution in [0.25, 0.3) is 0 Å². The van der Waals surface area contributed by atoms with E-state index >= 15 is 0 Å². The van der Waals surface area contributed by atoms with E-state index < -0.39 is 15.3 Å². The Hall–Kier alpha value is -1.74. The molecule has 1 fully saturated rings. The molecule has 0 bridgehead atoms. The number of anilines is 1. The molecule has 1 aromatic heterocycles. The number of aromatic nitrogens is 2. The molecule has 8 nitrogen and oxygen atoms in total. The lowest BCUT2D eigenvalue weighted by Crippen LogP contribution is -2.42. The van der Waals surface area contributed by atoms with Crippen LogP contribution in [0.5, 0.6) is 0 Å². The Morgan fingerprint density at radius 3 is 2.54 bits per heavy atom. The minimum absolute atomic E-state index is 0.125. The van der Waals surface area contributed by atoms with Crippen LogP contribution in [0.1, 0.15) is 54.9 Å². The van der Waals surface area contributed by atoms with Crippen LogP contribution in [0, 0.1) is 0 Å². The minimum Gasteiger partial charge on any atom is -0.357 e. The van der Waals surface area contributed by atoms with Gasteiger partial charge in [-0.2, -0.15) is 4.31 Å². The first kappa shape index (κ1) is 19.0. The number of likely N-dealkylation sites (tertiary alicyclic amines) is 1.